The van der Waals surface area contributed by atoms with Crippen molar-refractivity contribution in [2.45, 2.75) is 39.8 Å². The highest BCUT2D eigenvalue weighted by molar-refractivity contribution is 9.10. The zero-order valence-corrected chi connectivity index (χ0v) is 21.8. The SMILES string of the molecule is COc1cc(OCc2cccc(-c3ccccc3)c2C)c(Br)c(OC)c1CNCCCC(C)=O. The van der Waals surface area contributed by atoms with E-state index in [1.807, 2.05) is 24.3 Å². The van der Waals surface area contributed by atoms with Gasteiger partial charge in [0, 0.05) is 19.0 Å². The number of methoxy groups -OCH3 is 2. The minimum Gasteiger partial charge on any atom is -0.496 e. The lowest BCUT2D eigenvalue weighted by Crippen LogP contribution is -2.17. The molecule has 0 atom stereocenters. The first-order chi connectivity index (χ1) is 16.5. The van der Waals surface area contributed by atoms with Crippen LogP contribution in [0.5, 0.6) is 17.2 Å². The van der Waals surface area contributed by atoms with E-state index < -0.39 is 0 Å². The maximum Gasteiger partial charge on any atom is 0.145 e. The third-order valence-corrected chi connectivity index (χ3v) is 6.52. The molecule has 0 fully saturated rings. The van der Waals surface area contributed by atoms with Gasteiger partial charge in [-0.05, 0) is 65.0 Å². The molecule has 5 nitrogen and oxygen atoms in total. The van der Waals surface area contributed by atoms with E-state index in [1.54, 1.807) is 21.1 Å². The first kappa shape index (κ1) is 25.8. The summed E-state index contributed by atoms with van der Waals surface area (Å²) in [5.74, 6) is 2.20. The third kappa shape index (κ3) is 6.39. The van der Waals surface area contributed by atoms with Gasteiger partial charge < -0.3 is 24.3 Å². The van der Waals surface area contributed by atoms with Crippen LogP contribution in [0.15, 0.2) is 59.1 Å². The number of carbonyl (C=O) groups excluding carboxylic acids is 1. The van der Waals surface area contributed by atoms with Gasteiger partial charge in [-0.3, -0.25) is 0 Å². The molecular weight excluding hydrogens is 494 g/mol. The van der Waals surface area contributed by atoms with E-state index in [-0.39, 0.29) is 5.78 Å². The average molecular weight is 526 g/mol. The zero-order chi connectivity index (χ0) is 24.5. The van der Waals surface area contributed by atoms with E-state index in [0.717, 1.165) is 28.6 Å². The van der Waals surface area contributed by atoms with Crippen molar-refractivity contribution in [1.29, 1.82) is 0 Å². The van der Waals surface area contributed by atoms with Crippen LogP contribution in [0.25, 0.3) is 11.1 Å². The van der Waals surface area contributed by atoms with Crippen molar-refractivity contribution in [2.24, 2.45) is 0 Å². The van der Waals surface area contributed by atoms with Crippen molar-refractivity contribution in [3.8, 4) is 28.4 Å². The standard InChI is InChI=1S/C28H32BrNO4/c1-19(31)10-9-15-30-17-24-25(32-3)16-26(27(29)28(24)33-4)34-18-22-13-8-14-23(20(22)2)21-11-6-5-7-12-21/h5-8,11-14,16,30H,9-10,15,17-18H2,1-4H3. The molecule has 0 radical (unpaired) electrons. The van der Waals surface area contributed by atoms with Gasteiger partial charge >= 0.3 is 0 Å². The fourth-order valence-corrected chi connectivity index (χ4v) is 4.52. The number of ketones is 1. The van der Waals surface area contributed by atoms with Crippen LogP contribution < -0.4 is 19.5 Å². The number of rotatable bonds is 12. The van der Waals surface area contributed by atoms with E-state index in [2.05, 4.69) is 58.5 Å². The van der Waals surface area contributed by atoms with Crippen LogP contribution in [0.2, 0.25) is 0 Å². The van der Waals surface area contributed by atoms with Crippen LogP contribution in [0.3, 0.4) is 0 Å². The Labute approximate surface area is 210 Å². The van der Waals surface area contributed by atoms with Gasteiger partial charge in [-0.15, -0.1) is 0 Å². The highest BCUT2D eigenvalue weighted by Gasteiger charge is 2.19. The summed E-state index contributed by atoms with van der Waals surface area (Å²) in [6, 6.07) is 18.5. The summed E-state index contributed by atoms with van der Waals surface area (Å²) in [7, 11) is 3.27. The summed E-state index contributed by atoms with van der Waals surface area (Å²) in [6.07, 6.45) is 1.37. The Kier molecular flexibility index (Phi) is 9.54. The van der Waals surface area contributed by atoms with E-state index in [4.69, 9.17) is 14.2 Å². The molecule has 0 spiro atoms. The van der Waals surface area contributed by atoms with Crippen LogP contribution in [0.4, 0.5) is 0 Å². The van der Waals surface area contributed by atoms with Gasteiger partial charge in [0.25, 0.3) is 0 Å². The van der Waals surface area contributed by atoms with Crippen LogP contribution in [0.1, 0.15) is 36.5 Å². The molecule has 0 aliphatic carbocycles. The first-order valence-electron chi connectivity index (χ1n) is 11.4. The predicted molar refractivity (Wildman–Crippen MR) is 140 cm³/mol. The maximum absolute atomic E-state index is 11.1. The molecule has 0 aromatic heterocycles. The molecule has 3 rings (SSSR count). The Balaban J connectivity index is 1.78. The van der Waals surface area contributed by atoms with Crippen molar-refractivity contribution in [3.05, 3.63) is 75.8 Å². The Morgan fingerprint density at radius 2 is 1.76 bits per heavy atom. The molecule has 1 N–H and O–H groups in total. The van der Waals surface area contributed by atoms with Gasteiger partial charge in [0.15, 0.2) is 0 Å². The second kappa shape index (κ2) is 12.6. The van der Waals surface area contributed by atoms with Crippen molar-refractivity contribution >= 4 is 21.7 Å². The van der Waals surface area contributed by atoms with Crippen LogP contribution in [-0.2, 0) is 17.9 Å². The first-order valence-corrected chi connectivity index (χ1v) is 12.2. The number of ether oxygens (including phenoxy) is 3. The summed E-state index contributed by atoms with van der Waals surface area (Å²) in [4.78, 5) is 11.1. The minimum absolute atomic E-state index is 0.200. The van der Waals surface area contributed by atoms with Gasteiger partial charge in [-0.25, -0.2) is 0 Å². The Morgan fingerprint density at radius 1 is 1.00 bits per heavy atom. The molecular formula is C28H32BrNO4. The number of nitrogens with one attached hydrogen (secondary N) is 1. The van der Waals surface area contributed by atoms with Gasteiger partial charge in [0.2, 0.25) is 0 Å². The molecule has 0 aliphatic rings. The van der Waals surface area contributed by atoms with Gasteiger partial charge in [-0.1, -0.05) is 48.5 Å². The quantitative estimate of drug-likeness (QED) is 0.274. The molecule has 0 saturated carbocycles. The summed E-state index contributed by atoms with van der Waals surface area (Å²) in [6.45, 7) is 5.44. The molecule has 180 valence electrons. The van der Waals surface area contributed by atoms with Crippen molar-refractivity contribution in [3.63, 3.8) is 0 Å². The lowest BCUT2D eigenvalue weighted by molar-refractivity contribution is -0.117. The number of hydrogen-bond acceptors (Lipinski definition) is 5. The Morgan fingerprint density at radius 3 is 2.44 bits per heavy atom. The molecule has 0 bridgehead atoms. The summed E-state index contributed by atoms with van der Waals surface area (Å²) in [5.41, 5.74) is 5.58. The number of carbonyl (C=O) groups is 1. The molecule has 3 aromatic carbocycles. The lowest BCUT2D eigenvalue weighted by atomic mass is 9.97. The van der Waals surface area contributed by atoms with Crippen molar-refractivity contribution in [1.82, 2.24) is 5.32 Å². The average Bonchev–Trinajstić information content (AvgIpc) is 2.84. The number of benzene rings is 3. The topological polar surface area (TPSA) is 56.8 Å². The Hall–Kier alpha value is -2.83. The molecule has 6 heteroatoms. The number of Topliss-reactive ketones (excluding diaryl/α,β-unsaturated/α-hetero) is 1. The van der Waals surface area contributed by atoms with Crippen LogP contribution >= 0.6 is 15.9 Å². The molecule has 0 amide bonds. The highest BCUT2D eigenvalue weighted by atomic mass is 79.9. The van der Waals surface area contributed by atoms with E-state index in [9.17, 15) is 4.79 Å². The van der Waals surface area contributed by atoms with Crippen LogP contribution in [-0.4, -0.2) is 26.5 Å². The number of halogens is 1. The summed E-state index contributed by atoms with van der Waals surface area (Å²) in [5, 5.41) is 3.37. The van der Waals surface area contributed by atoms with Gasteiger partial charge in [0.1, 0.15) is 34.1 Å². The van der Waals surface area contributed by atoms with Gasteiger partial charge in [-0.2, -0.15) is 0 Å². The largest absolute Gasteiger partial charge is 0.496 e. The third-order valence-electron chi connectivity index (χ3n) is 5.77. The fourth-order valence-electron chi connectivity index (χ4n) is 3.89. The molecule has 3 aromatic rings. The van der Waals surface area contributed by atoms with Crippen molar-refractivity contribution < 1.29 is 19.0 Å². The lowest BCUT2D eigenvalue weighted by Gasteiger charge is -2.19. The molecule has 0 saturated heterocycles. The second-order valence-electron chi connectivity index (χ2n) is 8.13. The molecule has 34 heavy (non-hydrogen) atoms. The predicted octanol–water partition coefficient (Wildman–Crippen LogP) is 6.48. The van der Waals surface area contributed by atoms with Crippen LogP contribution in [0, 0.1) is 6.92 Å². The highest BCUT2D eigenvalue weighted by Crippen LogP contribution is 2.43. The second-order valence-corrected chi connectivity index (χ2v) is 8.92. The van der Waals surface area contributed by atoms with Gasteiger partial charge in [0.05, 0.1) is 19.8 Å². The fraction of sp³-hybridized carbons (Fsp3) is 0.321. The van der Waals surface area contributed by atoms with E-state index >= 15 is 0 Å². The van der Waals surface area contributed by atoms with E-state index in [0.29, 0.717) is 36.8 Å². The monoisotopic (exact) mass is 525 g/mol. The Bertz CT molecular complexity index is 1120. The summed E-state index contributed by atoms with van der Waals surface area (Å²) >= 11 is 3.66. The van der Waals surface area contributed by atoms with Crippen molar-refractivity contribution in [2.75, 3.05) is 20.8 Å². The summed E-state index contributed by atoms with van der Waals surface area (Å²) < 4.78 is 18.3. The van der Waals surface area contributed by atoms with E-state index in [1.165, 1.54) is 16.7 Å². The maximum atomic E-state index is 11.1. The normalized spacial score (nSPS) is 10.7. The zero-order valence-electron chi connectivity index (χ0n) is 20.2. The molecule has 0 heterocycles. The number of hydrogen-bond donors (Lipinski definition) is 1. The molecule has 0 aliphatic heterocycles. The minimum atomic E-state index is 0.200. The molecule has 0 unspecified atom stereocenters. The smallest absolute Gasteiger partial charge is 0.145 e.